The van der Waals surface area contributed by atoms with Crippen LogP contribution < -0.4 is 20.5 Å². The monoisotopic (exact) mass is 435 g/mol. The number of piperidine rings is 1. The topological polar surface area (TPSA) is 101 Å². The second kappa shape index (κ2) is 7.58. The fraction of sp³-hybridized carbons (Fsp3) is 0.435. The molecule has 9 nitrogen and oxygen atoms in total. The van der Waals surface area contributed by atoms with E-state index in [-0.39, 0.29) is 23.2 Å². The van der Waals surface area contributed by atoms with Gasteiger partial charge in [0.1, 0.15) is 23.3 Å². The summed E-state index contributed by atoms with van der Waals surface area (Å²) in [7, 11) is 0. The smallest absolute Gasteiger partial charge is 0.339 e. The lowest BCUT2D eigenvalue weighted by Crippen LogP contribution is -2.46. The van der Waals surface area contributed by atoms with Crippen molar-refractivity contribution < 1.29 is 14.5 Å². The average Bonchev–Trinajstić information content (AvgIpc) is 3.38. The molecular formula is C23H25N5O4. The van der Waals surface area contributed by atoms with Gasteiger partial charge in [-0.1, -0.05) is 18.2 Å². The zero-order valence-corrected chi connectivity index (χ0v) is 18.2. The number of nitro benzene ring substituents is 1. The third kappa shape index (κ3) is 2.95. The highest BCUT2D eigenvalue weighted by Crippen LogP contribution is 2.44. The van der Waals surface area contributed by atoms with E-state index in [2.05, 4.69) is 14.9 Å². The molecule has 1 spiro atoms. The number of carbonyl (C=O) groups excluding carboxylic acids is 1. The van der Waals surface area contributed by atoms with Gasteiger partial charge in [-0.25, -0.2) is 4.79 Å². The number of hydrogen-bond acceptors (Lipinski definition) is 8. The van der Waals surface area contributed by atoms with Crippen molar-refractivity contribution >= 4 is 23.0 Å². The van der Waals surface area contributed by atoms with Gasteiger partial charge in [-0.05, 0) is 26.0 Å². The molecule has 3 heterocycles. The van der Waals surface area contributed by atoms with E-state index in [1.165, 1.54) is 0 Å². The van der Waals surface area contributed by atoms with Gasteiger partial charge in [0.25, 0.3) is 0 Å². The van der Waals surface area contributed by atoms with Gasteiger partial charge >= 0.3 is 11.7 Å². The van der Waals surface area contributed by atoms with E-state index < -0.39 is 5.60 Å². The molecule has 0 saturated carbocycles. The maximum Gasteiger partial charge on any atom is 0.339 e. The molecule has 0 amide bonds. The second-order valence-electron chi connectivity index (χ2n) is 8.26. The minimum absolute atomic E-state index is 0.0285. The average molecular weight is 435 g/mol. The van der Waals surface area contributed by atoms with Crippen LogP contribution in [0.15, 0.2) is 40.3 Å². The first-order chi connectivity index (χ1) is 15.5. The summed E-state index contributed by atoms with van der Waals surface area (Å²) in [5, 5.41) is 12.9. The Labute approximate surface area is 185 Å². The van der Waals surface area contributed by atoms with Crippen LogP contribution in [0.1, 0.15) is 42.6 Å². The van der Waals surface area contributed by atoms with Crippen LogP contribution in [0.3, 0.4) is 0 Å². The van der Waals surface area contributed by atoms with Crippen molar-refractivity contribution in [2.45, 2.75) is 32.3 Å². The van der Waals surface area contributed by atoms with Gasteiger partial charge in [-0.2, -0.15) is 0 Å². The van der Waals surface area contributed by atoms with E-state index in [0.29, 0.717) is 61.0 Å². The Morgan fingerprint density at radius 3 is 2.53 bits per heavy atom. The Balaban J connectivity index is 1.53. The highest BCUT2D eigenvalue weighted by molar-refractivity contribution is 5.94. The van der Waals surface area contributed by atoms with Crippen LogP contribution in [0.5, 0.6) is 0 Å². The van der Waals surface area contributed by atoms with Crippen molar-refractivity contribution in [3.8, 4) is 0 Å². The predicted molar refractivity (Wildman–Crippen MR) is 119 cm³/mol. The van der Waals surface area contributed by atoms with Crippen LogP contribution >= 0.6 is 0 Å². The molecule has 0 N–H and O–H groups in total. The molecule has 0 radical (unpaired) electrons. The Hall–Kier alpha value is -3.49. The molecule has 5 rings (SSSR count). The number of nitro groups is 1. The van der Waals surface area contributed by atoms with Crippen LogP contribution in [0.4, 0.5) is 17.1 Å². The number of ether oxygens (including phenoxy) is 1. The van der Waals surface area contributed by atoms with E-state index in [1.54, 1.807) is 0 Å². The van der Waals surface area contributed by atoms with Gasteiger partial charge < -0.3 is 14.5 Å². The van der Waals surface area contributed by atoms with E-state index in [0.717, 1.165) is 11.3 Å². The van der Waals surface area contributed by atoms with Gasteiger partial charge in [-0.3, -0.25) is 20.1 Å². The van der Waals surface area contributed by atoms with Crippen LogP contribution in [-0.4, -0.2) is 43.7 Å². The number of esters is 1. The minimum atomic E-state index is -0.600. The minimum Gasteiger partial charge on any atom is -0.450 e. The number of rotatable bonds is 5. The Morgan fingerprint density at radius 2 is 1.84 bits per heavy atom. The largest absolute Gasteiger partial charge is 0.450 e. The first-order valence-electron chi connectivity index (χ1n) is 11.0. The number of nitrogens with zero attached hydrogens (tertiary/aromatic N) is 5. The third-order valence-corrected chi connectivity index (χ3v) is 6.79. The molecule has 0 unspecified atom stereocenters. The van der Waals surface area contributed by atoms with Gasteiger partial charge in [-0.15, -0.1) is 0 Å². The van der Waals surface area contributed by atoms with Gasteiger partial charge in [0.05, 0.1) is 16.2 Å². The lowest BCUT2D eigenvalue weighted by molar-refractivity contribution is -0.385. The van der Waals surface area contributed by atoms with Crippen molar-refractivity contribution in [3.63, 3.8) is 0 Å². The summed E-state index contributed by atoms with van der Waals surface area (Å²) in [5.41, 5.74) is 2.48. The lowest BCUT2D eigenvalue weighted by Gasteiger charge is -2.39. The fourth-order valence-electron chi connectivity index (χ4n) is 5.16. The molecule has 1 fully saturated rings. The molecule has 0 bridgehead atoms. The second-order valence-corrected chi connectivity index (χ2v) is 8.26. The van der Waals surface area contributed by atoms with Crippen molar-refractivity contribution in [2.24, 2.45) is 9.98 Å². The molecule has 1 saturated heterocycles. The molecule has 0 aromatic heterocycles. The fourth-order valence-corrected chi connectivity index (χ4v) is 5.16. The quantitative estimate of drug-likeness (QED) is 0.406. The normalized spacial score (nSPS) is 17.9. The van der Waals surface area contributed by atoms with Crippen LogP contribution in [0.2, 0.25) is 0 Å². The molecule has 2 aromatic rings. The molecule has 9 heteroatoms. The first kappa shape index (κ1) is 20.4. The predicted octanol–water partition coefficient (Wildman–Crippen LogP) is 2.32. The molecule has 3 aliphatic heterocycles. The molecule has 0 atom stereocenters. The molecule has 32 heavy (non-hydrogen) atoms. The van der Waals surface area contributed by atoms with Crippen LogP contribution in [0, 0.1) is 10.1 Å². The summed E-state index contributed by atoms with van der Waals surface area (Å²) < 4.78 is 5.88. The maximum absolute atomic E-state index is 12.4. The molecule has 2 aromatic carbocycles. The van der Waals surface area contributed by atoms with E-state index in [9.17, 15) is 14.9 Å². The van der Waals surface area contributed by atoms with Gasteiger partial charge in [0.2, 0.25) is 0 Å². The SMILES string of the molecule is CCN(CC)c1cc(N2CCC3(CC2)OC(=O)c2ccccc23)c2c(c1[N+](=O)[O-])=NCN=2. The summed E-state index contributed by atoms with van der Waals surface area (Å²) in [6.45, 7) is 6.78. The summed E-state index contributed by atoms with van der Waals surface area (Å²) in [6.07, 6.45) is 1.30. The van der Waals surface area contributed by atoms with Crippen LogP contribution in [-0.2, 0) is 10.3 Å². The van der Waals surface area contributed by atoms with Crippen molar-refractivity contribution in [2.75, 3.05) is 42.6 Å². The standard InChI is InChI=1S/C23H25N5O4/c1-3-26(4-2)18-13-17(19-20(25-14-24-19)21(18)28(30)31)27-11-9-23(10-12-27)16-8-6-5-7-15(16)22(29)32-23/h5-8,13H,3-4,9-12,14H2,1-2H3. The third-order valence-electron chi connectivity index (χ3n) is 6.79. The summed E-state index contributed by atoms with van der Waals surface area (Å²) >= 11 is 0. The Bertz CT molecular complexity index is 1230. The molecule has 3 aliphatic rings. The molecular weight excluding hydrogens is 410 g/mol. The van der Waals surface area contributed by atoms with Crippen molar-refractivity contribution in [1.82, 2.24) is 0 Å². The van der Waals surface area contributed by atoms with Crippen molar-refractivity contribution in [3.05, 3.63) is 62.3 Å². The number of hydrogen-bond donors (Lipinski definition) is 0. The summed E-state index contributed by atoms with van der Waals surface area (Å²) in [4.78, 5) is 37.0. The van der Waals surface area contributed by atoms with E-state index >= 15 is 0 Å². The highest BCUT2D eigenvalue weighted by atomic mass is 16.6. The Kier molecular flexibility index (Phi) is 4.83. The zero-order chi connectivity index (χ0) is 22.5. The Morgan fingerprint density at radius 1 is 1.16 bits per heavy atom. The summed E-state index contributed by atoms with van der Waals surface area (Å²) in [6, 6.07) is 9.48. The highest BCUT2D eigenvalue weighted by Gasteiger charge is 2.47. The summed E-state index contributed by atoms with van der Waals surface area (Å²) in [5.74, 6) is -0.261. The first-order valence-corrected chi connectivity index (χ1v) is 11.0. The van der Waals surface area contributed by atoms with E-state index in [4.69, 9.17) is 4.74 Å². The number of carbonyl (C=O) groups is 1. The number of fused-ring (bicyclic) bond motifs is 3. The van der Waals surface area contributed by atoms with Crippen LogP contribution in [0.25, 0.3) is 0 Å². The number of anilines is 2. The van der Waals surface area contributed by atoms with Crippen molar-refractivity contribution in [1.29, 1.82) is 0 Å². The number of benzene rings is 2. The van der Waals surface area contributed by atoms with Gasteiger partial charge in [0.15, 0.2) is 5.36 Å². The van der Waals surface area contributed by atoms with Gasteiger partial charge in [0, 0.05) is 44.6 Å². The van der Waals surface area contributed by atoms with E-state index in [1.807, 2.05) is 49.1 Å². The zero-order valence-electron chi connectivity index (χ0n) is 18.2. The molecule has 0 aliphatic carbocycles. The maximum atomic E-state index is 12.4. The lowest BCUT2D eigenvalue weighted by atomic mass is 9.83. The molecule has 166 valence electrons.